The lowest BCUT2D eigenvalue weighted by Gasteiger charge is -2.36. The number of anilines is 4. The van der Waals surface area contributed by atoms with E-state index in [2.05, 4.69) is 85.2 Å². The number of aromatic nitrogens is 4. The number of hydrogen-bond acceptors (Lipinski definition) is 8. The highest BCUT2D eigenvalue weighted by molar-refractivity contribution is 5.63. The van der Waals surface area contributed by atoms with Gasteiger partial charge >= 0.3 is 0 Å². The van der Waals surface area contributed by atoms with Crippen LogP contribution in [0.1, 0.15) is 5.69 Å². The van der Waals surface area contributed by atoms with E-state index in [1.165, 1.54) is 11.4 Å². The molecule has 6 rings (SSSR count). The minimum absolute atomic E-state index is 0.769. The van der Waals surface area contributed by atoms with Crippen molar-refractivity contribution in [2.24, 2.45) is 0 Å². The Bertz CT molecular complexity index is 1310. The number of para-hydroxylation sites is 2. The maximum atomic E-state index is 4.91. The first-order valence-electron chi connectivity index (χ1n) is 13.0. The van der Waals surface area contributed by atoms with Crippen LogP contribution in [0.5, 0.6) is 0 Å². The summed E-state index contributed by atoms with van der Waals surface area (Å²) in [4.78, 5) is 28.5. The molecule has 0 unspecified atom stereocenters. The van der Waals surface area contributed by atoms with Crippen LogP contribution >= 0.6 is 0 Å². The average Bonchev–Trinajstić information content (AvgIpc) is 2.98. The molecule has 0 radical (unpaired) electrons. The van der Waals surface area contributed by atoms with E-state index in [0.717, 1.165) is 81.2 Å². The van der Waals surface area contributed by atoms with Crippen molar-refractivity contribution in [3.8, 4) is 11.3 Å². The van der Waals surface area contributed by atoms with Crippen LogP contribution in [0.4, 0.5) is 23.3 Å². The largest absolute Gasteiger partial charge is 0.368 e. The monoisotopic (exact) mass is 492 g/mol. The molecule has 2 aromatic heterocycles. The third-order valence-corrected chi connectivity index (χ3v) is 7.25. The molecule has 0 saturated carbocycles. The van der Waals surface area contributed by atoms with Gasteiger partial charge in [-0.3, -0.25) is 0 Å². The molecule has 0 bridgehead atoms. The number of aryl methyl sites for hydroxylation is 1. The lowest BCUT2D eigenvalue weighted by Crippen LogP contribution is -2.47. The van der Waals surface area contributed by atoms with Crippen molar-refractivity contribution in [2.45, 2.75) is 6.92 Å². The zero-order chi connectivity index (χ0) is 25.0. The Labute approximate surface area is 218 Å². The van der Waals surface area contributed by atoms with Crippen molar-refractivity contribution in [2.75, 3.05) is 72.0 Å². The fraction of sp³-hybridized carbons (Fsp3) is 0.310. The van der Waals surface area contributed by atoms with Gasteiger partial charge in [0.05, 0.1) is 11.4 Å². The van der Waals surface area contributed by atoms with Crippen molar-refractivity contribution >= 4 is 23.3 Å². The Morgan fingerprint density at radius 1 is 0.541 bits per heavy atom. The number of benzene rings is 2. The first-order valence-corrected chi connectivity index (χ1v) is 13.0. The molecule has 2 saturated heterocycles. The Hall–Kier alpha value is -4.20. The molecule has 2 aliphatic rings. The van der Waals surface area contributed by atoms with E-state index in [9.17, 15) is 0 Å². The highest BCUT2D eigenvalue weighted by atomic mass is 15.3. The van der Waals surface area contributed by atoms with Crippen LogP contribution in [0.25, 0.3) is 11.3 Å². The minimum Gasteiger partial charge on any atom is -0.368 e. The van der Waals surface area contributed by atoms with Crippen molar-refractivity contribution in [1.82, 2.24) is 19.9 Å². The van der Waals surface area contributed by atoms with E-state index < -0.39 is 0 Å². The van der Waals surface area contributed by atoms with Crippen LogP contribution in [0.3, 0.4) is 0 Å². The summed E-state index contributed by atoms with van der Waals surface area (Å²) in [6.07, 6.45) is 3.76. The average molecular weight is 493 g/mol. The molecule has 4 aromatic rings. The van der Waals surface area contributed by atoms with Gasteiger partial charge in [0.2, 0.25) is 11.9 Å². The maximum Gasteiger partial charge on any atom is 0.225 e. The summed E-state index contributed by atoms with van der Waals surface area (Å²) >= 11 is 0. The zero-order valence-electron chi connectivity index (χ0n) is 21.2. The van der Waals surface area contributed by atoms with E-state index in [1.54, 1.807) is 0 Å². The lowest BCUT2D eigenvalue weighted by molar-refractivity contribution is 0.638. The molecular weight excluding hydrogens is 460 g/mol. The third kappa shape index (κ3) is 5.05. The van der Waals surface area contributed by atoms with Crippen molar-refractivity contribution < 1.29 is 0 Å². The van der Waals surface area contributed by atoms with E-state index >= 15 is 0 Å². The molecule has 188 valence electrons. The molecule has 2 fully saturated rings. The van der Waals surface area contributed by atoms with Crippen LogP contribution in [0.2, 0.25) is 0 Å². The Morgan fingerprint density at radius 3 is 1.54 bits per heavy atom. The van der Waals surface area contributed by atoms with Gasteiger partial charge in [-0.1, -0.05) is 36.4 Å². The van der Waals surface area contributed by atoms with Crippen molar-refractivity contribution in [1.29, 1.82) is 0 Å². The van der Waals surface area contributed by atoms with Gasteiger partial charge in [-0.15, -0.1) is 0 Å². The summed E-state index contributed by atoms with van der Waals surface area (Å²) in [6, 6.07) is 23.1. The zero-order valence-corrected chi connectivity index (χ0v) is 21.2. The van der Waals surface area contributed by atoms with Gasteiger partial charge < -0.3 is 19.6 Å². The highest BCUT2D eigenvalue weighted by Gasteiger charge is 2.22. The summed E-state index contributed by atoms with van der Waals surface area (Å²) in [6.45, 7) is 9.45. The summed E-state index contributed by atoms with van der Waals surface area (Å²) in [5, 5.41) is 0. The molecule has 37 heavy (non-hydrogen) atoms. The predicted octanol–water partition coefficient (Wildman–Crippen LogP) is 3.90. The summed E-state index contributed by atoms with van der Waals surface area (Å²) in [7, 11) is 0. The second-order valence-corrected chi connectivity index (χ2v) is 9.53. The van der Waals surface area contributed by atoms with Crippen LogP contribution in [-0.2, 0) is 0 Å². The van der Waals surface area contributed by atoms with Crippen molar-refractivity contribution in [3.63, 3.8) is 0 Å². The maximum absolute atomic E-state index is 4.91. The summed E-state index contributed by atoms with van der Waals surface area (Å²) in [5.74, 6) is 1.56. The van der Waals surface area contributed by atoms with E-state index in [0.29, 0.717) is 0 Å². The normalized spacial score (nSPS) is 16.2. The van der Waals surface area contributed by atoms with Crippen molar-refractivity contribution in [3.05, 3.63) is 84.8 Å². The molecule has 8 heteroatoms. The topological polar surface area (TPSA) is 64.5 Å². The molecule has 0 atom stereocenters. The van der Waals surface area contributed by atoms with E-state index in [4.69, 9.17) is 15.0 Å². The number of hydrogen-bond donors (Lipinski definition) is 0. The standard InChI is InChI=1S/C29H32N8/c1-23-26(22-31-29(32-23)37-20-16-35(17-21-37)25-10-6-3-7-11-25)27-12-13-30-28(33-27)36-18-14-34(15-19-36)24-8-4-2-5-9-24/h2-13,22H,14-21H2,1H3. The van der Waals surface area contributed by atoms with Gasteiger partial charge in [-0.25, -0.2) is 19.9 Å². The number of nitrogens with zero attached hydrogens (tertiary/aromatic N) is 8. The van der Waals surface area contributed by atoms with Crippen LogP contribution in [0, 0.1) is 6.92 Å². The highest BCUT2D eigenvalue weighted by Crippen LogP contribution is 2.25. The number of rotatable bonds is 5. The second-order valence-electron chi connectivity index (χ2n) is 9.53. The molecular formula is C29H32N8. The quantitative estimate of drug-likeness (QED) is 0.416. The Balaban J connectivity index is 1.12. The Morgan fingerprint density at radius 2 is 1.03 bits per heavy atom. The van der Waals surface area contributed by atoms with E-state index in [-0.39, 0.29) is 0 Å². The molecule has 0 amide bonds. The van der Waals surface area contributed by atoms with Gasteiger partial charge in [0.25, 0.3) is 0 Å². The minimum atomic E-state index is 0.769. The Kier molecular flexibility index (Phi) is 6.54. The molecule has 2 aromatic carbocycles. The third-order valence-electron chi connectivity index (χ3n) is 7.25. The van der Waals surface area contributed by atoms with E-state index in [1.807, 2.05) is 25.4 Å². The smallest absolute Gasteiger partial charge is 0.225 e. The van der Waals surface area contributed by atoms with Gasteiger partial charge in [0, 0.05) is 81.7 Å². The van der Waals surface area contributed by atoms with Crippen LogP contribution in [0.15, 0.2) is 79.1 Å². The first kappa shape index (κ1) is 23.2. The molecule has 0 aliphatic carbocycles. The second kappa shape index (κ2) is 10.4. The first-order chi connectivity index (χ1) is 18.2. The molecule has 2 aliphatic heterocycles. The summed E-state index contributed by atoms with van der Waals surface area (Å²) < 4.78 is 0. The molecule has 4 heterocycles. The summed E-state index contributed by atoms with van der Waals surface area (Å²) in [5.41, 5.74) is 5.31. The van der Waals surface area contributed by atoms with Gasteiger partial charge in [-0.2, -0.15) is 0 Å². The SMILES string of the molecule is Cc1nc(N2CCN(c3ccccc3)CC2)ncc1-c1ccnc(N2CCN(c3ccccc3)CC2)n1. The van der Waals surface area contributed by atoms with Crippen LogP contribution < -0.4 is 19.6 Å². The van der Waals surface area contributed by atoms with Gasteiger partial charge in [0.1, 0.15) is 0 Å². The van der Waals surface area contributed by atoms with Gasteiger partial charge in [-0.05, 0) is 37.3 Å². The fourth-order valence-electron chi connectivity index (χ4n) is 5.12. The number of piperazine rings is 2. The predicted molar refractivity (Wildman–Crippen MR) is 150 cm³/mol. The fourth-order valence-corrected chi connectivity index (χ4v) is 5.12. The molecule has 0 N–H and O–H groups in total. The molecule has 8 nitrogen and oxygen atoms in total. The lowest BCUT2D eigenvalue weighted by atomic mass is 10.1. The van der Waals surface area contributed by atoms with Gasteiger partial charge in [0.15, 0.2) is 0 Å². The van der Waals surface area contributed by atoms with Crippen LogP contribution in [-0.4, -0.2) is 72.3 Å². The molecule has 0 spiro atoms.